The number of benzene rings is 3. The summed E-state index contributed by atoms with van der Waals surface area (Å²) in [6, 6.07) is 26.1. The number of allylic oxidation sites excluding steroid dienone is 1. The Labute approximate surface area is 149 Å². The lowest BCUT2D eigenvalue weighted by Crippen LogP contribution is -2.17. The first-order chi connectivity index (χ1) is 12.1. The molecule has 2 heteroatoms. The molecule has 126 valence electrons. The number of phenols is 1. The summed E-state index contributed by atoms with van der Waals surface area (Å²) in [6.45, 7) is 6.27. The van der Waals surface area contributed by atoms with Gasteiger partial charge >= 0.3 is 0 Å². The second-order valence-corrected chi connectivity index (χ2v) is 6.32. The van der Waals surface area contributed by atoms with E-state index in [0.29, 0.717) is 0 Å². The zero-order chi connectivity index (χ0) is 17.8. The Morgan fingerprint density at radius 3 is 2.00 bits per heavy atom. The minimum absolute atomic E-state index is 0.285. The van der Waals surface area contributed by atoms with Gasteiger partial charge in [0.15, 0.2) is 0 Å². The summed E-state index contributed by atoms with van der Waals surface area (Å²) in [5, 5.41) is 10.5. The van der Waals surface area contributed by atoms with E-state index < -0.39 is 0 Å². The first-order valence-corrected chi connectivity index (χ1v) is 8.46. The Morgan fingerprint density at radius 2 is 1.36 bits per heavy atom. The third-order valence-electron chi connectivity index (χ3n) is 4.23. The quantitative estimate of drug-likeness (QED) is 0.608. The fourth-order valence-corrected chi connectivity index (χ4v) is 3.07. The van der Waals surface area contributed by atoms with Gasteiger partial charge in [-0.15, -0.1) is 0 Å². The Balaban J connectivity index is 2.29. The number of anilines is 2. The highest BCUT2D eigenvalue weighted by Gasteiger charge is 2.21. The maximum absolute atomic E-state index is 10.5. The molecule has 0 radical (unpaired) electrons. The molecule has 3 aromatic carbocycles. The number of aromatic hydroxyl groups is 1. The maximum Gasteiger partial charge on any atom is 0.124 e. The SMILES string of the molecule is CC(C)=C(c1ccccc1O)N(c1ccccc1)c1ccccc1C. The minimum Gasteiger partial charge on any atom is -0.507 e. The van der Waals surface area contributed by atoms with E-state index in [4.69, 9.17) is 0 Å². The maximum atomic E-state index is 10.5. The number of hydrogen-bond donors (Lipinski definition) is 1. The molecule has 2 nitrogen and oxygen atoms in total. The molecule has 0 heterocycles. The van der Waals surface area contributed by atoms with Crippen LogP contribution in [0.5, 0.6) is 5.75 Å². The molecule has 0 amide bonds. The number of nitrogens with zero attached hydrogens (tertiary/aromatic N) is 1. The molecule has 25 heavy (non-hydrogen) atoms. The van der Waals surface area contributed by atoms with E-state index in [9.17, 15) is 5.11 Å². The molecule has 0 atom stereocenters. The largest absolute Gasteiger partial charge is 0.507 e. The van der Waals surface area contributed by atoms with Crippen molar-refractivity contribution in [2.24, 2.45) is 0 Å². The van der Waals surface area contributed by atoms with Crippen molar-refractivity contribution in [3.8, 4) is 5.75 Å². The molecule has 0 bridgehead atoms. The second kappa shape index (κ2) is 7.27. The average Bonchev–Trinajstić information content (AvgIpc) is 2.62. The normalized spacial score (nSPS) is 10.4. The zero-order valence-electron chi connectivity index (χ0n) is 14.9. The van der Waals surface area contributed by atoms with Gasteiger partial charge in [0.2, 0.25) is 0 Å². The second-order valence-electron chi connectivity index (χ2n) is 6.32. The molecule has 0 fully saturated rings. The molecule has 0 aliphatic carbocycles. The van der Waals surface area contributed by atoms with E-state index in [0.717, 1.165) is 28.2 Å². The van der Waals surface area contributed by atoms with Gasteiger partial charge in [-0.25, -0.2) is 0 Å². The molecule has 0 unspecified atom stereocenters. The first-order valence-electron chi connectivity index (χ1n) is 8.46. The molecule has 0 saturated carbocycles. The third-order valence-corrected chi connectivity index (χ3v) is 4.23. The number of para-hydroxylation sites is 3. The molecule has 0 aliphatic rings. The van der Waals surface area contributed by atoms with Crippen LogP contribution in [0.4, 0.5) is 11.4 Å². The van der Waals surface area contributed by atoms with Gasteiger partial charge < -0.3 is 10.0 Å². The summed E-state index contributed by atoms with van der Waals surface area (Å²) in [6.07, 6.45) is 0. The van der Waals surface area contributed by atoms with Crippen LogP contribution >= 0.6 is 0 Å². The average molecular weight is 329 g/mol. The highest BCUT2D eigenvalue weighted by Crippen LogP contribution is 2.40. The van der Waals surface area contributed by atoms with Gasteiger partial charge in [-0.05, 0) is 56.7 Å². The van der Waals surface area contributed by atoms with Crippen LogP contribution in [0.3, 0.4) is 0 Å². The number of rotatable bonds is 4. The molecule has 3 rings (SSSR count). The third kappa shape index (κ3) is 3.43. The lowest BCUT2D eigenvalue weighted by molar-refractivity contribution is 0.473. The summed E-state index contributed by atoms with van der Waals surface area (Å²) in [7, 11) is 0. The molecule has 0 spiro atoms. The van der Waals surface area contributed by atoms with Gasteiger partial charge in [-0.2, -0.15) is 0 Å². The van der Waals surface area contributed by atoms with E-state index in [1.54, 1.807) is 6.07 Å². The summed E-state index contributed by atoms with van der Waals surface area (Å²) in [4.78, 5) is 2.22. The van der Waals surface area contributed by atoms with E-state index >= 15 is 0 Å². The summed E-state index contributed by atoms with van der Waals surface area (Å²) in [5.74, 6) is 0.285. The van der Waals surface area contributed by atoms with E-state index in [2.05, 4.69) is 49.9 Å². The van der Waals surface area contributed by atoms with Crippen molar-refractivity contribution in [2.45, 2.75) is 20.8 Å². The Kier molecular flexibility index (Phi) is 4.90. The smallest absolute Gasteiger partial charge is 0.124 e. The van der Waals surface area contributed by atoms with Crippen molar-refractivity contribution in [1.29, 1.82) is 0 Å². The van der Waals surface area contributed by atoms with Crippen molar-refractivity contribution in [1.82, 2.24) is 0 Å². The summed E-state index contributed by atoms with van der Waals surface area (Å²) < 4.78 is 0. The van der Waals surface area contributed by atoms with Crippen LogP contribution in [0.15, 0.2) is 84.4 Å². The van der Waals surface area contributed by atoms with Gasteiger partial charge in [0.05, 0.1) is 5.70 Å². The zero-order valence-corrected chi connectivity index (χ0v) is 14.9. The molecule has 0 saturated heterocycles. The van der Waals surface area contributed by atoms with Crippen molar-refractivity contribution >= 4 is 17.1 Å². The van der Waals surface area contributed by atoms with Crippen LogP contribution in [0.1, 0.15) is 25.0 Å². The van der Waals surface area contributed by atoms with Crippen LogP contribution in [0.25, 0.3) is 5.70 Å². The predicted octanol–water partition coefficient (Wildman–Crippen LogP) is 6.29. The molecule has 1 N–H and O–H groups in total. The highest BCUT2D eigenvalue weighted by molar-refractivity contribution is 5.91. The minimum atomic E-state index is 0.285. The number of phenolic OH excluding ortho intramolecular Hbond substituents is 1. The fourth-order valence-electron chi connectivity index (χ4n) is 3.07. The Morgan fingerprint density at radius 1 is 0.760 bits per heavy atom. The molecule has 0 aromatic heterocycles. The molecular weight excluding hydrogens is 306 g/mol. The monoisotopic (exact) mass is 329 g/mol. The van der Waals surface area contributed by atoms with Crippen molar-refractivity contribution in [2.75, 3.05) is 4.90 Å². The van der Waals surface area contributed by atoms with Crippen molar-refractivity contribution < 1.29 is 5.11 Å². The highest BCUT2D eigenvalue weighted by atomic mass is 16.3. The van der Waals surface area contributed by atoms with Gasteiger partial charge in [-0.1, -0.05) is 54.1 Å². The topological polar surface area (TPSA) is 23.5 Å². The number of aryl methyl sites for hydroxylation is 1. The van der Waals surface area contributed by atoms with Crippen LogP contribution < -0.4 is 4.90 Å². The predicted molar refractivity (Wildman–Crippen MR) is 106 cm³/mol. The molecule has 0 aliphatic heterocycles. The first kappa shape index (κ1) is 16.8. The van der Waals surface area contributed by atoms with Gasteiger partial charge in [0, 0.05) is 16.9 Å². The van der Waals surface area contributed by atoms with Crippen LogP contribution in [0, 0.1) is 6.92 Å². The lowest BCUT2D eigenvalue weighted by atomic mass is 10.0. The van der Waals surface area contributed by atoms with Crippen LogP contribution in [0.2, 0.25) is 0 Å². The number of hydrogen-bond acceptors (Lipinski definition) is 2. The Bertz CT molecular complexity index is 893. The summed E-state index contributed by atoms with van der Waals surface area (Å²) in [5.41, 5.74) is 6.31. The van der Waals surface area contributed by atoms with E-state index in [1.165, 1.54) is 5.56 Å². The van der Waals surface area contributed by atoms with Crippen molar-refractivity contribution in [3.05, 3.63) is 95.6 Å². The van der Waals surface area contributed by atoms with Crippen LogP contribution in [-0.4, -0.2) is 5.11 Å². The lowest BCUT2D eigenvalue weighted by Gasteiger charge is -2.31. The fraction of sp³-hybridized carbons (Fsp3) is 0.130. The summed E-state index contributed by atoms with van der Waals surface area (Å²) >= 11 is 0. The molecular formula is C23H23NO. The van der Waals surface area contributed by atoms with Crippen LogP contribution in [-0.2, 0) is 0 Å². The molecule has 3 aromatic rings. The van der Waals surface area contributed by atoms with Gasteiger partial charge in [-0.3, -0.25) is 0 Å². The van der Waals surface area contributed by atoms with E-state index in [-0.39, 0.29) is 5.75 Å². The van der Waals surface area contributed by atoms with Gasteiger partial charge in [0.25, 0.3) is 0 Å². The van der Waals surface area contributed by atoms with Crippen molar-refractivity contribution in [3.63, 3.8) is 0 Å². The standard InChI is InChI=1S/C23H23NO/c1-17(2)23(20-14-8-10-16-22(20)25)24(19-12-5-4-6-13-19)21-15-9-7-11-18(21)3/h4-16,25H,1-3H3. The van der Waals surface area contributed by atoms with Gasteiger partial charge in [0.1, 0.15) is 5.75 Å². The van der Waals surface area contributed by atoms with E-state index in [1.807, 2.05) is 48.5 Å². The Hall–Kier alpha value is -3.00.